The largest absolute Gasteiger partial charge is 0.329 e. The van der Waals surface area contributed by atoms with Crippen LogP contribution in [0.3, 0.4) is 0 Å². The van der Waals surface area contributed by atoms with Crippen molar-refractivity contribution in [2.75, 3.05) is 11.9 Å². The first-order valence-corrected chi connectivity index (χ1v) is 6.28. The second kappa shape index (κ2) is 5.68. The molecule has 1 heterocycles. The molecule has 1 aromatic carbocycles. The lowest BCUT2D eigenvalue weighted by Crippen LogP contribution is -2.14. The van der Waals surface area contributed by atoms with Crippen molar-refractivity contribution in [2.24, 2.45) is 0 Å². The average molecular weight is 273 g/mol. The minimum absolute atomic E-state index is 0.468. The lowest BCUT2D eigenvalue weighted by atomic mass is 10.2. The van der Waals surface area contributed by atoms with E-state index in [0.29, 0.717) is 10.7 Å². The summed E-state index contributed by atoms with van der Waals surface area (Å²) in [6.45, 7) is 2.01. The zero-order valence-corrected chi connectivity index (χ0v) is 11.5. The highest BCUT2D eigenvalue weighted by Gasteiger charge is 2.13. The molecule has 0 spiro atoms. The summed E-state index contributed by atoms with van der Waals surface area (Å²) in [5, 5.41) is 9.41. The first-order valence-electron chi connectivity index (χ1n) is 5.90. The van der Waals surface area contributed by atoms with Gasteiger partial charge in [0.15, 0.2) is 0 Å². The van der Waals surface area contributed by atoms with Crippen LogP contribution in [0.25, 0.3) is 0 Å². The zero-order chi connectivity index (χ0) is 13.8. The van der Waals surface area contributed by atoms with Gasteiger partial charge in [-0.3, -0.25) is 0 Å². The lowest BCUT2D eigenvalue weighted by Gasteiger charge is -2.21. The van der Waals surface area contributed by atoms with Crippen molar-refractivity contribution in [1.82, 2.24) is 9.97 Å². The van der Waals surface area contributed by atoms with E-state index < -0.39 is 0 Å². The van der Waals surface area contributed by atoms with Crippen LogP contribution in [-0.2, 0) is 6.42 Å². The Hall–Kier alpha value is -2.12. The van der Waals surface area contributed by atoms with Crippen LogP contribution in [-0.4, -0.2) is 17.0 Å². The van der Waals surface area contributed by atoms with Crippen LogP contribution in [0.15, 0.2) is 30.6 Å². The monoisotopic (exact) mass is 272 g/mol. The van der Waals surface area contributed by atoms with E-state index in [1.807, 2.05) is 37.1 Å². The fourth-order valence-corrected chi connectivity index (χ4v) is 2.14. The zero-order valence-electron chi connectivity index (χ0n) is 10.8. The summed E-state index contributed by atoms with van der Waals surface area (Å²) >= 11 is 6.09. The van der Waals surface area contributed by atoms with Crippen molar-refractivity contribution in [1.29, 1.82) is 5.26 Å². The molecule has 0 fully saturated rings. The number of hydrogen-bond donors (Lipinski definition) is 0. The SMILES string of the molecule is CCc1c(Cl)ncnc1N(C)c1cccc(C#N)c1. The molecule has 0 atom stereocenters. The Balaban J connectivity index is 2.47. The van der Waals surface area contributed by atoms with Crippen molar-refractivity contribution < 1.29 is 0 Å². The summed E-state index contributed by atoms with van der Waals surface area (Å²) in [4.78, 5) is 10.2. The first kappa shape index (κ1) is 13.3. The second-order valence-corrected chi connectivity index (χ2v) is 4.40. The van der Waals surface area contributed by atoms with Gasteiger partial charge in [-0.15, -0.1) is 0 Å². The summed E-state index contributed by atoms with van der Waals surface area (Å²) in [6.07, 6.45) is 2.19. The number of nitrogens with zero attached hydrogens (tertiary/aromatic N) is 4. The standard InChI is InChI=1S/C14H13ClN4/c1-3-12-13(15)17-9-18-14(12)19(2)11-6-4-5-10(7-11)8-16/h4-7,9H,3H2,1-2H3. The Morgan fingerprint density at radius 2 is 2.16 bits per heavy atom. The quantitative estimate of drug-likeness (QED) is 0.804. The minimum atomic E-state index is 0.468. The molecule has 2 rings (SSSR count). The summed E-state index contributed by atoms with van der Waals surface area (Å²) in [5.41, 5.74) is 2.40. The molecule has 0 saturated heterocycles. The Morgan fingerprint density at radius 1 is 1.37 bits per heavy atom. The van der Waals surface area contributed by atoms with Crippen LogP contribution in [0, 0.1) is 11.3 Å². The van der Waals surface area contributed by atoms with E-state index in [9.17, 15) is 0 Å². The first-order chi connectivity index (χ1) is 9.17. The predicted octanol–water partition coefficient (Wildman–Crippen LogP) is 3.33. The topological polar surface area (TPSA) is 52.8 Å². The molecule has 0 aliphatic heterocycles. The molecule has 5 heteroatoms. The number of rotatable bonds is 3. The van der Waals surface area contributed by atoms with Gasteiger partial charge in [-0.2, -0.15) is 5.26 Å². The highest BCUT2D eigenvalue weighted by Crippen LogP contribution is 2.28. The van der Waals surface area contributed by atoms with Gasteiger partial charge < -0.3 is 4.90 Å². The number of anilines is 2. The van der Waals surface area contributed by atoms with Gasteiger partial charge in [0.25, 0.3) is 0 Å². The molecule has 0 aliphatic rings. The van der Waals surface area contributed by atoms with Crippen LogP contribution < -0.4 is 4.90 Å². The van der Waals surface area contributed by atoms with Gasteiger partial charge >= 0.3 is 0 Å². The lowest BCUT2D eigenvalue weighted by molar-refractivity contribution is 0.999. The summed E-state index contributed by atoms with van der Waals surface area (Å²) in [6, 6.07) is 9.48. The van der Waals surface area contributed by atoms with Crippen molar-refractivity contribution in [3.8, 4) is 6.07 Å². The number of aromatic nitrogens is 2. The van der Waals surface area contributed by atoms with Gasteiger partial charge in [0.1, 0.15) is 17.3 Å². The number of halogens is 1. The molecule has 0 amide bonds. The van der Waals surface area contributed by atoms with E-state index >= 15 is 0 Å². The molecule has 4 nitrogen and oxygen atoms in total. The Kier molecular flexibility index (Phi) is 3.98. The van der Waals surface area contributed by atoms with Crippen molar-refractivity contribution in [2.45, 2.75) is 13.3 Å². The number of benzene rings is 1. The molecule has 2 aromatic rings. The molecule has 0 aliphatic carbocycles. The fraction of sp³-hybridized carbons (Fsp3) is 0.214. The predicted molar refractivity (Wildman–Crippen MR) is 75.6 cm³/mol. The van der Waals surface area contributed by atoms with Gasteiger partial charge in [0, 0.05) is 18.3 Å². The highest BCUT2D eigenvalue weighted by molar-refractivity contribution is 6.30. The Bertz CT molecular complexity index is 634. The Morgan fingerprint density at radius 3 is 2.84 bits per heavy atom. The fourth-order valence-electron chi connectivity index (χ4n) is 1.88. The van der Waals surface area contributed by atoms with Crippen LogP contribution in [0.5, 0.6) is 0 Å². The Labute approximate surface area is 117 Å². The van der Waals surface area contributed by atoms with Crippen LogP contribution in [0.4, 0.5) is 11.5 Å². The van der Waals surface area contributed by atoms with Crippen LogP contribution >= 0.6 is 11.6 Å². The van der Waals surface area contributed by atoms with Gasteiger partial charge in [0.2, 0.25) is 0 Å². The van der Waals surface area contributed by atoms with Gasteiger partial charge in [0.05, 0.1) is 11.6 Å². The second-order valence-electron chi connectivity index (χ2n) is 4.04. The van der Waals surface area contributed by atoms with Crippen molar-refractivity contribution in [3.63, 3.8) is 0 Å². The molecule has 0 radical (unpaired) electrons. The van der Waals surface area contributed by atoms with E-state index in [4.69, 9.17) is 16.9 Å². The molecule has 0 bridgehead atoms. The molecule has 96 valence electrons. The molecule has 0 saturated carbocycles. The highest BCUT2D eigenvalue weighted by atomic mass is 35.5. The van der Waals surface area contributed by atoms with Crippen molar-refractivity contribution >= 4 is 23.1 Å². The maximum absolute atomic E-state index is 8.94. The van der Waals surface area contributed by atoms with Gasteiger partial charge in [-0.1, -0.05) is 24.6 Å². The summed E-state index contributed by atoms with van der Waals surface area (Å²) in [5.74, 6) is 0.762. The summed E-state index contributed by atoms with van der Waals surface area (Å²) in [7, 11) is 1.90. The molecule has 0 N–H and O–H groups in total. The van der Waals surface area contributed by atoms with Gasteiger partial charge in [-0.05, 0) is 24.6 Å². The van der Waals surface area contributed by atoms with E-state index in [1.54, 1.807) is 6.07 Å². The van der Waals surface area contributed by atoms with E-state index in [-0.39, 0.29) is 0 Å². The van der Waals surface area contributed by atoms with E-state index in [2.05, 4.69) is 16.0 Å². The number of nitriles is 1. The third-order valence-electron chi connectivity index (χ3n) is 2.90. The van der Waals surface area contributed by atoms with Crippen LogP contribution in [0.1, 0.15) is 18.1 Å². The molecular weight excluding hydrogens is 260 g/mol. The maximum atomic E-state index is 8.94. The summed E-state index contributed by atoms with van der Waals surface area (Å²) < 4.78 is 0. The smallest absolute Gasteiger partial charge is 0.140 e. The van der Waals surface area contributed by atoms with Gasteiger partial charge in [-0.25, -0.2) is 9.97 Å². The maximum Gasteiger partial charge on any atom is 0.140 e. The molecule has 0 unspecified atom stereocenters. The third-order valence-corrected chi connectivity index (χ3v) is 3.23. The molecule has 19 heavy (non-hydrogen) atoms. The molecule has 1 aromatic heterocycles. The average Bonchev–Trinajstić information content (AvgIpc) is 2.46. The van der Waals surface area contributed by atoms with Crippen LogP contribution in [0.2, 0.25) is 5.15 Å². The van der Waals surface area contributed by atoms with E-state index in [1.165, 1.54) is 6.33 Å². The van der Waals surface area contributed by atoms with Crippen molar-refractivity contribution in [3.05, 3.63) is 46.9 Å². The normalized spacial score (nSPS) is 10.0. The number of hydrogen-bond acceptors (Lipinski definition) is 4. The minimum Gasteiger partial charge on any atom is -0.329 e. The molecular formula is C14H13ClN4. The van der Waals surface area contributed by atoms with E-state index in [0.717, 1.165) is 23.5 Å². The third kappa shape index (κ3) is 2.67.